The molecule has 132 valence electrons. The highest BCUT2D eigenvalue weighted by Crippen LogP contribution is 2.31. The second-order valence-corrected chi connectivity index (χ2v) is 6.58. The fourth-order valence-electron chi connectivity index (χ4n) is 2.39. The smallest absolute Gasteiger partial charge is 0.274 e. The van der Waals surface area contributed by atoms with Crippen LogP contribution in [0.4, 0.5) is 17.3 Å². The summed E-state index contributed by atoms with van der Waals surface area (Å²) in [7, 11) is 0. The molecule has 0 aliphatic carbocycles. The normalized spacial score (nSPS) is 10.5. The highest BCUT2D eigenvalue weighted by Gasteiger charge is 2.13. The zero-order valence-electron chi connectivity index (χ0n) is 14.2. The van der Waals surface area contributed by atoms with Gasteiger partial charge in [0, 0.05) is 11.4 Å². The van der Waals surface area contributed by atoms with Crippen molar-refractivity contribution in [1.29, 1.82) is 0 Å². The molecular formula is C19H16Cl2N4O. The largest absolute Gasteiger partial charge is 0.322 e. The highest BCUT2D eigenvalue weighted by molar-refractivity contribution is 6.39. The van der Waals surface area contributed by atoms with Gasteiger partial charge < -0.3 is 10.6 Å². The SMILES string of the molecule is Cc1cccc(NC(=O)c2cc(C)nc(Nc3c(Cl)cccc3Cl)n2)c1. The van der Waals surface area contributed by atoms with Gasteiger partial charge >= 0.3 is 0 Å². The summed E-state index contributed by atoms with van der Waals surface area (Å²) in [4.78, 5) is 21.1. The van der Waals surface area contributed by atoms with Gasteiger partial charge in [-0.25, -0.2) is 9.97 Å². The molecule has 7 heteroatoms. The zero-order chi connectivity index (χ0) is 18.7. The van der Waals surface area contributed by atoms with Gasteiger partial charge in [-0.3, -0.25) is 4.79 Å². The number of nitrogens with zero attached hydrogens (tertiary/aromatic N) is 2. The van der Waals surface area contributed by atoms with Crippen LogP contribution in [0.15, 0.2) is 48.5 Å². The van der Waals surface area contributed by atoms with Crippen LogP contribution in [0.5, 0.6) is 0 Å². The summed E-state index contributed by atoms with van der Waals surface area (Å²) in [5.74, 6) is -0.0798. The van der Waals surface area contributed by atoms with Crippen LogP contribution in [0.1, 0.15) is 21.7 Å². The van der Waals surface area contributed by atoms with Crippen molar-refractivity contribution in [3.8, 4) is 0 Å². The molecule has 5 nitrogen and oxygen atoms in total. The highest BCUT2D eigenvalue weighted by atomic mass is 35.5. The van der Waals surface area contributed by atoms with Crippen LogP contribution in [0.2, 0.25) is 10.0 Å². The Kier molecular flexibility index (Phi) is 5.40. The number of halogens is 2. The maximum absolute atomic E-state index is 12.5. The molecule has 2 aromatic carbocycles. The molecule has 0 aliphatic heterocycles. The third kappa shape index (κ3) is 4.31. The van der Waals surface area contributed by atoms with Crippen molar-refractivity contribution in [2.24, 2.45) is 0 Å². The number of amides is 1. The van der Waals surface area contributed by atoms with E-state index in [2.05, 4.69) is 20.6 Å². The lowest BCUT2D eigenvalue weighted by Crippen LogP contribution is -2.15. The third-order valence-electron chi connectivity index (χ3n) is 3.56. The van der Waals surface area contributed by atoms with E-state index >= 15 is 0 Å². The number of hydrogen-bond acceptors (Lipinski definition) is 4. The monoisotopic (exact) mass is 386 g/mol. The van der Waals surface area contributed by atoms with E-state index in [1.807, 2.05) is 31.2 Å². The number of carbonyl (C=O) groups is 1. The van der Waals surface area contributed by atoms with Gasteiger partial charge in [0.05, 0.1) is 15.7 Å². The molecule has 0 saturated heterocycles. The van der Waals surface area contributed by atoms with Crippen LogP contribution >= 0.6 is 23.2 Å². The zero-order valence-corrected chi connectivity index (χ0v) is 15.7. The first-order valence-corrected chi connectivity index (χ1v) is 8.63. The standard InChI is InChI=1S/C19H16Cl2N4O/c1-11-5-3-6-13(9-11)23-18(26)16-10-12(2)22-19(24-16)25-17-14(20)7-4-8-15(17)21/h3-10H,1-2H3,(H,23,26)(H,22,24,25). The first-order chi connectivity index (χ1) is 12.4. The lowest BCUT2D eigenvalue weighted by atomic mass is 10.2. The van der Waals surface area contributed by atoms with Crippen molar-refractivity contribution in [2.75, 3.05) is 10.6 Å². The van der Waals surface area contributed by atoms with Crippen molar-refractivity contribution in [3.63, 3.8) is 0 Å². The van der Waals surface area contributed by atoms with Crippen molar-refractivity contribution >= 4 is 46.4 Å². The molecule has 26 heavy (non-hydrogen) atoms. The topological polar surface area (TPSA) is 66.9 Å². The van der Waals surface area contributed by atoms with E-state index in [0.717, 1.165) is 5.56 Å². The number of aryl methyl sites for hydroxylation is 2. The lowest BCUT2D eigenvalue weighted by molar-refractivity contribution is 0.102. The van der Waals surface area contributed by atoms with Crippen LogP contribution in [0.3, 0.4) is 0 Å². The number of carbonyl (C=O) groups excluding carboxylic acids is 1. The Morgan fingerprint density at radius 3 is 2.35 bits per heavy atom. The van der Waals surface area contributed by atoms with Crippen LogP contribution in [-0.2, 0) is 0 Å². The first kappa shape index (κ1) is 18.2. The number of rotatable bonds is 4. The molecule has 0 saturated carbocycles. The quantitative estimate of drug-likeness (QED) is 0.629. The molecule has 0 spiro atoms. The molecule has 0 radical (unpaired) electrons. The van der Waals surface area contributed by atoms with E-state index in [1.54, 1.807) is 31.2 Å². The molecule has 0 atom stereocenters. The van der Waals surface area contributed by atoms with Crippen LogP contribution < -0.4 is 10.6 Å². The molecule has 1 heterocycles. The third-order valence-corrected chi connectivity index (χ3v) is 4.19. The van der Waals surface area contributed by atoms with E-state index in [1.165, 1.54) is 0 Å². The Balaban J connectivity index is 1.86. The fraction of sp³-hybridized carbons (Fsp3) is 0.105. The molecule has 3 rings (SSSR count). The number of nitrogens with one attached hydrogen (secondary N) is 2. The van der Waals surface area contributed by atoms with Gasteiger partial charge in [0.15, 0.2) is 0 Å². The van der Waals surface area contributed by atoms with Gasteiger partial charge in [-0.05, 0) is 49.7 Å². The summed E-state index contributed by atoms with van der Waals surface area (Å²) in [6, 6.07) is 14.3. The molecule has 1 amide bonds. The van der Waals surface area contributed by atoms with Gasteiger partial charge in [0.1, 0.15) is 5.69 Å². The summed E-state index contributed by atoms with van der Waals surface area (Å²) in [5.41, 5.74) is 3.13. The van der Waals surface area contributed by atoms with Crippen molar-refractivity contribution in [1.82, 2.24) is 9.97 Å². The molecule has 0 fully saturated rings. The number of para-hydroxylation sites is 1. The van der Waals surface area contributed by atoms with Crippen molar-refractivity contribution in [3.05, 3.63) is 75.5 Å². The Morgan fingerprint density at radius 1 is 0.962 bits per heavy atom. The minimum absolute atomic E-state index is 0.240. The summed E-state index contributed by atoms with van der Waals surface area (Å²) < 4.78 is 0. The Labute approximate surface area is 161 Å². The van der Waals surface area contributed by atoms with Crippen LogP contribution in [0, 0.1) is 13.8 Å². The van der Waals surface area contributed by atoms with Gasteiger partial charge in [-0.1, -0.05) is 41.4 Å². The minimum atomic E-state index is -0.325. The molecule has 0 bridgehead atoms. The maximum atomic E-state index is 12.5. The molecular weight excluding hydrogens is 371 g/mol. The van der Waals surface area contributed by atoms with Gasteiger partial charge in [0.2, 0.25) is 5.95 Å². The predicted octanol–water partition coefficient (Wildman–Crippen LogP) is 5.40. The van der Waals surface area contributed by atoms with E-state index in [4.69, 9.17) is 23.2 Å². The molecule has 0 unspecified atom stereocenters. The average Bonchev–Trinajstić information content (AvgIpc) is 2.58. The second kappa shape index (κ2) is 7.72. The first-order valence-electron chi connectivity index (χ1n) is 7.87. The number of hydrogen-bond donors (Lipinski definition) is 2. The predicted molar refractivity (Wildman–Crippen MR) is 106 cm³/mol. The second-order valence-electron chi connectivity index (χ2n) is 5.76. The summed E-state index contributed by atoms with van der Waals surface area (Å²) in [6.45, 7) is 3.74. The van der Waals surface area contributed by atoms with E-state index in [-0.39, 0.29) is 17.5 Å². The number of aromatic nitrogens is 2. The summed E-state index contributed by atoms with van der Waals surface area (Å²) >= 11 is 12.3. The van der Waals surface area contributed by atoms with Gasteiger partial charge in [-0.15, -0.1) is 0 Å². The molecule has 1 aromatic heterocycles. The van der Waals surface area contributed by atoms with Gasteiger partial charge in [0.25, 0.3) is 5.91 Å². The molecule has 3 aromatic rings. The van der Waals surface area contributed by atoms with Crippen molar-refractivity contribution in [2.45, 2.75) is 13.8 Å². The van der Waals surface area contributed by atoms with E-state index in [0.29, 0.717) is 27.1 Å². The number of benzene rings is 2. The molecule has 0 aliphatic rings. The van der Waals surface area contributed by atoms with Crippen molar-refractivity contribution < 1.29 is 4.79 Å². The summed E-state index contributed by atoms with van der Waals surface area (Å²) in [6.07, 6.45) is 0. The fourth-order valence-corrected chi connectivity index (χ4v) is 2.88. The average molecular weight is 387 g/mol. The van der Waals surface area contributed by atoms with E-state index < -0.39 is 0 Å². The number of anilines is 3. The van der Waals surface area contributed by atoms with Crippen LogP contribution in [-0.4, -0.2) is 15.9 Å². The summed E-state index contributed by atoms with van der Waals surface area (Å²) in [5, 5.41) is 6.69. The Bertz CT molecular complexity index is 955. The Morgan fingerprint density at radius 2 is 1.65 bits per heavy atom. The minimum Gasteiger partial charge on any atom is -0.322 e. The lowest BCUT2D eigenvalue weighted by Gasteiger charge is -2.11. The van der Waals surface area contributed by atoms with Crippen LogP contribution in [0.25, 0.3) is 0 Å². The Hall–Kier alpha value is -2.63. The van der Waals surface area contributed by atoms with Gasteiger partial charge in [-0.2, -0.15) is 0 Å². The van der Waals surface area contributed by atoms with E-state index in [9.17, 15) is 4.79 Å². The molecule has 2 N–H and O–H groups in total. The maximum Gasteiger partial charge on any atom is 0.274 e.